The zero-order valence-electron chi connectivity index (χ0n) is 11.6. The number of hydrogen-bond acceptors (Lipinski definition) is 3. The molecule has 0 aromatic carbocycles. The van der Waals surface area contributed by atoms with E-state index in [1.165, 1.54) is 0 Å². The lowest BCUT2D eigenvalue weighted by Gasteiger charge is -2.27. The monoisotopic (exact) mass is 276 g/mol. The Balaban J connectivity index is 4.15. The zero-order valence-corrected chi connectivity index (χ0v) is 12.4. The van der Waals surface area contributed by atoms with Crippen molar-refractivity contribution in [2.75, 3.05) is 19.3 Å². The summed E-state index contributed by atoms with van der Waals surface area (Å²) in [5, 5.41) is 11.8. The minimum atomic E-state index is -0.824. The second kappa shape index (κ2) is 9.08. The molecule has 0 aliphatic heterocycles. The number of carboxylic acid groups (broad SMARTS) is 1. The first-order valence-corrected chi connectivity index (χ1v) is 7.46. The first kappa shape index (κ1) is 17.1. The standard InChI is InChI=1S/C12H24N2O3S/c1-9(2)14(7-5-6-11(15)16)12(17)13-8-10(3)18-4/h9-10H,5-8H2,1-4H3,(H,13,17)(H,15,16). The van der Waals surface area contributed by atoms with Crippen molar-refractivity contribution in [2.45, 2.75) is 44.9 Å². The van der Waals surface area contributed by atoms with Crippen molar-refractivity contribution in [3.8, 4) is 0 Å². The summed E-state index contributed by atoms with van der Waals surface area (Å²) in [6, 6.07) is -0.0420. The average molecular weight is 276 g/mol. The normalized spacial score (nSPS) is 12.3. The highest BCUT2D eigenvalue weighted by molar-refractivity contribution is 7.99. The number of nitrogens with one attached hydrogen (secondary N) is 1. The van der Waals surface area contributed by atoms with Gasteiger partial charge in [0.2, 0.25) is 0 Å². The number of amides is 2. The summed E-state index contributed by atoms with van der Waals surface area (Å²) in [5.74, 6) is -0.824. The number of hydrogen-bond donors (Lipinski definition) is 2. The Labute approximate surface area is 113 Å². The summed E-state index contributed by atoms with van der Waals surface area (Å²) in [6.45, 7) is 7.01. The molecule has 0 saturated carbocycles. The van der Waals surface area contributed by atoms with E-state index in [0.29, 0.717) is 24.8 Å². The van der Waals surface area contributed by atoms with Crippen LogP contribution in [0.25, 0.3) is 0 Å². The fourth-order valence-corrected chi connectivity index (χ4v) is 1.66. The quantitative estimate of drug-likeness (QED) is 0.711. The molecule has 0 aromatic heterocycles. The van der Waals surface area contributed by atoms with E-state index in [-0.39, 0.29) is 18.5 Å². The topological polar surface area (TPSA) is 69.6 Å². The van der Waals surface area contributed by atoms with Gasteiger partial charge in [-0.2, -0.15) is 11.8 Å². The fourth-order valence-electron chi connectivity index (χ4n) is 1.41. The first-order chi connectivity index (χ1) is 8.38. The number of carbonyl (C=O) groups is 2. The van der Waals surface area contributed by atoms with Crippen LogP contribution in [0.4, 0.5) is 4.79 Å². The molecule has 0 radical (unpaired) electrons. The Kier molecular flexibility index (Phi) is 8.62. The van der Waals surface area contributed by atoms with Crippen LogP contribution in [0.1, 0.15) is 33.6 Å². The van der Waals surface area contributed by atoms with Crippen molar-refractivity contribution in [3.05, 3.63) is 0 Å². The lowest BCUT2D eigenvalue weighted by atomic mass is 10.2. The van der Waals surface area contributed by atoms with Crippen LogP contribution in [0.15, 0.2) is 0 Å². The molecule has 0 aromatic rings. The third-order valence-corrected chi connectivity index (χ3v) is 3.59. The molecule has 6 heteroatoms. The maximum absolute atomic E-state index is 11.9. The van der Waals surface area contributed by atoms with E-state index in [4.69, 9.17) is 5.11 Å². The minimum absolute atomic E-state index is 0.0726. The van der Waals surface area contributed by atoms with Crippen LogP contribution in [0, 0.1) is 0 Å². The van der Waals surface area contributed by atoms with Gasteiger partial charge in [0, 0.05) is 30.8 Å². The van der Waals surface area contributed by atoms with Gasteiger partial charge in [0.1, 0.15) is 0 Å². The molecular formula is C12H24N2O3S. The van der Waals surface area contributed by atoms with Crippen molar-refractivity contribution < 1.29 is 14.7 Å². The van der Waals surface area contributed by atoms with Gasteiger partial charge in [-0.25, -0.2) is 4.79 Å². The SMILES string of the molecule is CSC(C)CNC(=O)N(CCCC(=O)O)C(C)C. The Bertz CT molecular complexity index is 272. The maximum Gasteiger partial charge on any atom is 0.317 e. The van der Waals surface area contributed by atoms with Gasteiger partial charge >= 0.3 is 12.0 Å². The molecule has 0 heterocycles. The van der Waals surface area contributed by atoms with Gasteiger partial charge in [-0.1, -0.05) is 6.92 Å². The second-order valence-corrected chi connectivity index (χ2v) is 5.79. The van der Waals surface area contributed by atoms with Gasteiger partial charge in [-0.15, -0.1) is 0 Å². The van der Waals surface area contributed by atoms with Gasteiger partial charge in [-0.05, 0) is 26.5 Å². The van der Waals surface area contributed by atoms with Crippen molar-refractivity contribution in [3.63, 3.8) is 0 Å². The Morgan fingerprint density at radius 1 is 1.33 bits per heavy atom. The number of nitrogens with zero attached hydrogens (tertiary/aromatic N) is 1. The fraction of sp³-hybridized carbons (Fsp3) is 0.833. The molecule has 18 heavy (non-hydrogen) atoms. The van der Waals surface area contributed by atoms with Crippen molar-refractivity contribution in [1.29, 1.82) is 0 Å². The van der Waals surface area contributed by atoms with Gasteiger partial charge in [-0.3, -0.25) is 4.79 Å². The molecule has 0 saturated heterocycles. The number of carboxylic acids is 1. The van der Waals surface area contributed by atoms with Crippen LogP contribution in [0.2, 0.25) is 0 Å². The van der Waals surface area contributed by atoms with Gasteiger partial charge in [0.25, 0.3) is 0 Å². The molecular weight excluding hydrogens is 252 g/mol. The van der Waals surface area contributed by atoms with Crippen LogP contribution < -0.4 is 5.32 Å². The molecule has 2 N–H and O–H groups in total. The van der Waals surface area contributed by atoms with E-state index in [1.54, 1.807) is 16.7 Å². The number of aliphatic carboxylic acids is 1. The third-order valence-electron chi connectivity index (χ3n) is 2.62. The highest BCUT2D eigenvalue weighted by atomic mass is 32.2. The molecule has 0 spiro atoms. The minimum Gasteiger partial charge on any atom is -0.481 e. The third kappa shape index (κ3) is 7.42. The molecule has 0 aliphatic carbocycles. The molecule has 0 rings (SSSR count). The lowest BCUT2D eigenvalue weighted by molar-refractivity contribution is -0.137. The van der Waals surface area contributed by atoms with E-state index in [1.807, 2.05) is 20.1 Å². The van der Waals surface area contributed by atoms with Gasteiger partial charge in [0.05, 0.1) is 0 Å². The molecule has 5 nitrogen and oxygen atoms in total. The molecule has 106 valence electrons. The second-order valence-electron chi connectivity index (χ2n) is 4.52. The highest BCUT2D eigenvalue weighted by Gasteiger charge is 2.17. The van der Waals surface area contributed by atoms with E-state index in [0.717, 1.165) is 0 Å². The predicted octanol–water partition coefficient (Wildman–Crippen LogP) is 2.02. The van der Waals surface area contributed by atoms with Crippen LogP contribution in [-0.4, -0.2) is 52.6 Å². The Morgan fingerprint density at radius 2 is 1.94 bits per heavy atom. The highest BCUT2D eigenvalue weighted by Crippen LogP contribution is 2.05. The van der Waals surface area contributed by atoms with Crippen LogP contribution in [-0.2, 0) is 4.79 Å². The summed E-state index contributed by atoms with van der Waals surface area (Å²) in [5.41, 5.74) is 0. The summed E-state index contributed by atoms with van der Waals surface area (Å²) < 4.78 is 0. The number of urea groups is 1. The molecule has 0 bridgehead atoms. The largest absolute Gasteiger partial charge is 0.481 e. The van der Waals surface area contributed by atoms with Crippen molar-refractivity contribution in [1.82, 2.24) is 10.2 Å². The number of thioether (sulfide) groups is 1. The van der Waals surface area contributed by atoms with E-state index in [9.17, 15) is 9.59 Å². The summed E-state index contributed by atoms with van der Waals surface area (Å²) in [6.07, 6.45) is 2.58. The maximum atomic E-state index is 11.9. The van der Waals surface area contributed by atoms with Crippen molar-refractivity contribution >= 4 is 23.8 Å². The van der Waals surface area contributed by atoms with E-state index >= 15 is 0 Å². The number of rotatable bonds is 8. The molecule has 0 aliphatic rings. The van der Waals surface area contributed by atoms with Crippen LogP contribution >= 0.6 is 11.8 Å². The van der Waals surface area contributed by atoms with Crippen molar-refractivity contribution in [2.24, 2.45) is 0 Å². The Morgan fingerprint density at radius 3 is 2.39 bits per heavy atom. The van der Waals surface area contributed by atoms with E-state index in [2.05, 4.69) is 12.2 Å². The molecule has 2 amide bonds. The molecule has 0 fully saturated rings. The Hall–Kier alpha value is -0.910. The van der Waals surface area contributed by atoms with Gasteiger partial charge in [0.15, 0.2) is 0 Å². The summed E-state index contributed by atoms with van der Waals surface area (Å²) in [7, 11) is 0. The molecule has 1 unspecified atom stereocenters. The number of carbonyl (C=O) groups excluding carboxylic acids is 1. The predicted molar refractivity (Wildman–Crippen MR) is 75.1 cm³/mol. The average Bonchev–Trinajstić information content (AvgIpc) is 2.30. The summed E-state index contributed by atoms with van der Waals surface area (Å²) in [4.78, 5) is 24.1. The zero-order chi connectivity index (χ0) is 14.1. The first-order valence-electron chi connectivity index (χ1n) is 6.17. The van der Waals surface area contributed by atoms with Crippen LogP contribution in [0.5, 0.6) is 0 Å². The van der Waals surface area contributed by atoms with Crippen LogP contribution in [0.3, 0.4) is 0 Å². The smallest absolute Gasteiger partial charge is 0.317 e. The lowest BCUT2D eigenvalue weighted by Crippen LogP contribution is -2.46. The van der Waals surface area contributed by atoms with Gasteiger partial charge < -0.3 is 15.3 Å². The van der Waals surface area contributed by atoms with E-state index < -0.39 is 5.97 Å². The molecule has 1 atom stereocenters. The summed E-state index contributed by atoms with van der Waals surface area (Å²) >= 11 is 1.70.